The van der Waals surface area contributed by atoms with Crippen molar-refractivity contribution in [1.82, 2.24) is 4.98 Å². The Morgan fingerprint density at radius 2 is 2.05 bits per heavy atom. The summed E-state index contributed by atoms with van der Waals surface area (Å²) in [4.78, 5) is 28.7. The lowest BCUT2D eigenvalue weighted by Crippen LogP contribution is -2.15. The van der Waals surface area contributed by atoms with Crippen LogP contribution in [0.5, 0.6) is 0 Å². The molecule has 0 N–H and O–H groups in total. The van der Waals surface area contributed by atoms with E-state index in [0.29, 0.717) is 11.1 Å². The number of hydrogen-bond acceptors (Lipinski definition) is 4. The number of aromatic nitrogens is 1. The molecule has 1 fully saturated rings. The molecule has 0 atom stereocenters. The van der Waals surface area contributed by atoms with Crippen LogP contribution < -0.4 is 0 Å². The largest absolute Gasteiger partial charge is 0.461 e. The number of hydrogen-bond donors (Lipinski definition) is 0. The maximum Gasteiger partial charge on any atom is 0.357 e. The maximum absolute atomic E-state index is 12.3. The van der Waals surface area contributed by atoms with Crippen LogP contribution in [0.15, 0.2) is 30.3 Å². The first-order valence-electron chi connectivity index (χ1n) is 6.82. The summed E-state index contributed by atoms with van der Waals surface area (Å²) in [5.41, 5.74) is 1.23. The van der Waals surface area contributed by atoms with Crippen LogP contribution in [0.4, 0.5) is 0 Å². The summed E-state index contributed by atoms with van der Waals surface area (Å²) >= 11 is 0. The molecular weight excluding hydrogens is 254 g/mol. The van der Waals surface area contributed by atoms with Gasteiger partial charge in [0, 0.05) is 11.3 Å². The van der Waals surface area contributed by atoms with Crippen LogP contribution in [0.3, 0.4) is 0 Å². The van der Waals surface area contributed by atoms with Gasteiger partial charge in [-0.3, -0.25) is 4.79 Å². The number of nitrogens with zero attached hydrogens (tertiary/aromatic N) is 1. The molecule has 1 aliphatic carbocycles. The van der Waals surface area contributed by atoms with E-state index in [2.05, 4.69) is 4.98 Å². The van der Waals surface area contributed by atoms with Gasteiger partial charge >= 0.3 is 5.97 Å². The number of rotatable bonds is 4. The third-order valence-electron chi connectivity index (χ3n) is 3.41. The highest BCUT2D eigenvalue weighted by Crippen LogP contribution is 2.34. The second kappa shape index (κ2) is 5.04. The van der Waals surface area contributed by atoms with Gasteiger partial charge in [-0.25, -0.2) is 9.78 Å². The summed E-state index contributed by atoms with van der Waals surface area (Å²) in [6, 6.07) is 9.21. The van der Waals surface area contributed by atoms with Crippen LogP contribution in [-0.4, -0.2) is 23.3 Å². The third-order valence-corrected chi connectivity index (χ3v) is 3.41. The fourth-order valence-corrected chi connectivity index (χ4v) is 2.22. The van der Waals surface area contributed by atoms with Gasteiger partial charge in [0.2, 0.25) is 0 Å². The van der Waals surface area contributed by atoms with E-state index < -0.39 is 5.97 Å². The summed E-state index contributed by atoms with van der Waals surface area (Å²) in [6.45, 7) is 2.01. The maximum atomic E-state index is 12.3. The van der Waals surface area contributed by atoms with Gasteiger partial charge in [-0.05, 0) is 31.9 Å². The van der Waals surface area contributed by atoms with Gasteiger partial charge in [0.1, 0.15) is 0 Å². The fourth-order valence-electron chi connectivity index (χ4n) is 2.22. The molecule has 1 aromatic carbocycles. The number of ether oxygens (including phenoxy) is 1. The van der Waals surface area contributed by atoms with Crippen LogP contribution in [0, 0.1) is 5.92 Å². The minimum atomic E-state index is -0.526. The van der Waals surface area contributed by atoms with E-state index in [1.807, 2.05) is 24.3 Å². The van der Waals surface area contributed by atoms with E-state index in [9.17, 15) is 9.59 Å². The zero-order valence-corrected chi connectivity index (χ0v) is 11.3. The van der Waals surface area contributed by atoms with E-state index >= 15 is 0 Å². The van der Waals surface area contributed by atoms with Gasteiger partial charge in [0.05, 0.1) is 17.7 Å². The predicted octanol–water partition coefficient (Wildman–Crippen LogP) is 3.00. The van der Waals surface area contributed by atoms with E-state index in [0.717, 1.165) is 18.2 Å². The number of benzene rings is 1. The lowest BCUT2D eigenvalue weighted by Gasteiger charge is -2.09. The van der Waals surface area contributed by atoms with Crippen LogP contribution in [0.1, 0.15) is 40.6 Å². The topological polar surface area (TPSA) is 56.3 Å². The third kappa shape index (κ3) is 2.29. The highest BCUT2D eigenvalue weighted by atomic mass is 16.5. The van der Waals surface area contributed by atoms with Gasteiger partial charge in [0.25, 0.3) is 0 Å². The molecule has 0 unspecified atom stereocenters. The number of carbonyl (C=O) groups excluding carboxylic acids is 2. The van der Waals surface area contributed by atoms with Crippen molar-refractivity contribution in [3.8, 4) is 0 Å². The normalized spacial score (nSPS) is 14.2. The van der Waals surface area contributed by atoms with Crippen molar-refractivity contribution < 1.29 is 14.3 Å². The number of esters is 1. The van der Waals surface area contributed by atoms with Crippen LogP contribution in [0.25, 0.3) is 10.9 Å². The first-order chi connectivity index (χ1) is 9.70. The fraction of sp³-hybridized carbons (Fsp3) is 0.312. The number of carbonyl (C=O) groups is 2. The van der Waals surface area contributed by atoms with Gasteiger partial charge in [-0.15, -0.1) is 0 Å². The van der Waals surface area contributed by atoms with Crippen molar-refractivity contribution in [3.05, 3.63) is 41.6 Å². The molecule has 0 bridgehead atoms. The number of para-hydroxylation sites is 1. The highest BCUT2D eigenvalue weighted by molar-refractivity contribution is 6.09. The van der Waals surface area contributed by atoms with Gasteiger partial charge in [-0.2, -0.15) is 0 Å². The molecule has 1 aromatic heterocycles. The van der Waals surface area contributed by atoms with Gasteiger partial charge < -0.3 is 4.74 Å². The smallest absolute Gasteiger partial charge is 0.357 e. The lowest BCUT2D eigenvalue weighted by molar-refractivity contribution is 0.0516. The van der Waals surface area contributed by atoms with E-state index in [-0.39, 0.29) is 24.0 Å². The Kier molecular flexibility index (Phi) is 3.22. The Bertz CT molecular complexity index is 689. The summed E-state index contributed by atoms with van der Waals surface area (Å²) < 4.78 is 5.01. The second-order valence-electron chi connectivity index (χ2n) is 4.94. The van der Waals surface area contributed by atoms with Crippen molar-refractivity contribution >= 4 is 22.7 Å². The zero-order valence-electron chi connectivity index (χ0n) is 11.3. The molecule has 0 aliphatic heterocycles. The molecule has 2 aromatic rings. The number of pyridine rings is 1. The molecule has 4 nitrogen and oxygen atoms in total. The molecule has 102 valence electrons. The van der Waals surface area contributed by atoms with Crippen molar-refractivity contribution in [2.75, 3.05) is 6.61 Å². The Hall–Kier alpha value is -2.23. The molecule has 0 amide bonds. The Labute approximate surface area is 116 Å². The average molecular weight is 269 g/mol. The average Bonchev–Trinajstić information content (AvgIpc) is 3.30. The zero-order chi connectivity index (χ0) is 14.1. The van der Waals surface area contributed by atoms with E-state index in [4.69, 9.17) is 4.74 Å². The van der Waals surface area contributed by atoms with E-state index in [1.54, 1.807) is 13.0 Å². The Morgan fingerprint density at radius 3 is 2.75 bits per heavy atom. The van der Waals surface area contributed by atoms with Gasteiger partial charge in [-0.1, -0.05) is 18.2 Å². The number of fused-ring (bicyclic) bond motifs is 1. The summed E-state index contributed by atoms with van der Waals surface area (Å²) in [7, 11) is 0. The number of ketones is 1. The van der Waals surface area contributed by atoms with Gasteiger partial charge in [0.15, 0.2) is 11.5 Å². The Morgan fingerprint density at radius 1 is 1.30 bits per heavy atom. The molecule has 1 heterocycles. The van der Waals surface area contributed by atoms with Crippen molar-refractivity contribution in [2.24, 2.45) is 5.92 Å². The first-order valence-corrected chi connectivity index (χ1v) is 6.82. The van der Waals surface area contributed by atoms with Crippen molar-refractivity contribution in [3.63, 3.8) is 0 Å². The van der Waals surface area contributed by atoms with Crippen LogP contribution >= 0.6 is 0 Å². The Balaban J connectivity index is 2.14. The molecule has 1 aliphatic rings. The molecular formula is C16H15NO3. The summed E-state index contributed by atoms with van der Waals surface area (Å²) in [5, 5.41) is 0.865. The van der Waals surface area contributed by atoms with E-state index in [1.165, 1.54) is 0 Å². The lowest BCUT2D eigenvalue weighted by atomic mass is 10.0. The van der Waals surface area contributed by atoms with Crippen LogP contribution in [0.2, 0.25) is 0 Å². The molecule has 4 heteroatoms. The molecule has 0 radical (unpaired) electrons. The quantitative estimate of drug-likeness (QED) is 0.632. The standard InChI is InChI=1S/C16H15NO3/c1-2-20-16(19)14-12(15(18)10-7-8-10)9-11-5-3-4-6-13(11)17-14/h3-6,9-10H,2,7-8H2,1H3. The number of Topliss-reactive ketones (excluding diaryl/α,β-unsaturated/α-hetero) is 1. The molecule has 20 heavy (non-hydrogen) atoms. The molecule has 1 saturated carbocycles. The van der Waals surface area contributed by atoms with Crippen molar-refractivity contribution in [2.45, 2.75) is 19.8 Å². The molecule has 0 saturated heterocycles. The first kappa shape index (κ1) is 12.8. The SMILES string of the molecule is CCOC(=O)c1nc2ccccc2cc1C(=O)C1CC1. The molecule has 0 spiro atoms. The summed E-state index contributed by atoms with van der Waals surface area (Å²) in [6.07, 6.45) is 1.79. The monoisotopic (exact) mass is 269 g/mol. The van der Waals surface area contributed by atoms with Crippen LogP contribution in [-0.2, 0) is 4.74 Å². The molecule has 3 rings (SSSR count). The second-order valence-corrected chi connectivity index (χ2v) is 4.94. The minimum Gasteiger partial charge on any atom is -0.461 e. The van der Waals surface area contributed by atoms with Crippen molar-refractivity contribution in [1.29, 1.82) is 0 Å². The summed E-state index contributed by atoms with van der Waals surface area (Å²) in [5.74, 6) is -0.473. The predicted molar refractivity (Wildman–Crippen MR) is 74.8 cm³/mol. The highest BCUT2D eigenvalue weighted by Gasteiger charge is 2.33. The minimum absolute atomic E-state index is 0.00584.